The number of carboxylic acid groups (broad SMARTS) is 1. The number of ether oxygens (including phenoxy) is 3. The molecular formula is C39H69N3O5. The molecule has 0 amide bonds. The number of rotatable bonds is 14. The molecule has 0 aromatic heterocycles. The number of carbonyl (C=O) groups is 1. The van der Waals surface area contributed by atoms with E-state index in [1.165, 1.54) is 0 Å². The van der Waals surface area contributed by atoms with Gasteiger partial charge in [0.15, 0.2) is 0 Å². The molecule has 8 heteroatoms. The summed E-state index contributed by atoms with van der Waals surface area (Å²) < 4.78 is 19.7. The highest BCUT2D eigenvalue weighted by Gasteiger charge is 2.71. The van der Waals surface area contributed by atoms with E-state index >= 15 is 0 Å². The van der Waals surface area contributed by atoms with Crippen molar-refractivity contribution < 1.29 is 24.1 Å². The third-order valence-electron chi connectivity index (χ3n) is 15.4. The largest absolute Gasteiger partial charge is 0.481 e. The predicted octanol–water partition coefficient (Wildman–Crippen LogP) is 6.02. The first-order valence-electron chi connectivity index (χ1n) is 19.0. The number of aliphatic carboxylic acids is 1. The number of hydrogen-bond acceptors (Lipinski definition) is 7. The summed E-state index contributed by atoms with van der Waals surface area (Å²) in [6, 6.07) is 0.137. The maximum absolute atomic E-state index is 13.3. The Labute approximate surface area is 285 Å². The highest BCUT2D eigenvalue weighted by Crippen LogP contribution is 2.75. The molecule has 5 aliphatic rings. The summed E-state index contributed by atoms with van der Waals surface area (Å²) in [5.74, 6) is 0.604. The van der Waals surface area contributed by atoms with Crippen molar-refractivity contribution in [2.45, 2.75) is 125 Å². The maximum Gasteiger partial charge on any atom is 0.307 e. The normalized spacial score (nSPS) is 44.1. The Morgan fingerprint density at radius 2 is 1.85 bits per heavy atom. The van der Waals surface area contributed by atoms with Crippen LogP contribution in [0.1, 0.15) is 106 Å². The number of methoxy groups -OCH3 is 1. The minimum Gasteiger partial charge on any atom is -0.481 e. The zero-order valence-electron chi connectivity index (χ0n) is 31.0. The molecule has 4 fully saturated rings. The molecule has 2 bridgehead atoms. The lowest BCUT2D eigenvalue weighted by Crippen LogP contribution is -2.70. The zero-order chi connectivity index (χ0) is 34.4. The second-order valence-electron chi connectivity index (χ2n) is 17.9. The van der Waals surface area contributed by atoms with Gasteiger partial charge in [0.25, 0.3) is 0 Å². The first-order chi connectivity index (χ1) is 22.2. The van der Waals surface area contributed by atoms with Crippen molar-refractivity contribution in [2.75, 3.05) is 46.6 Å². The van der Waals surface area contributed by atoms with Crippen LogP contribution in [0.15, 0.2) is 11.6 Å². The van der Waals surface area contributed by atoms with Gasteiger partial charge in [-0.3, -0.25) is 4.79 Å². The number of nitrogens with two attached hydrogens (primary N) is 2. The predicted molar refractivity (Wildman–Crippen MR) is 188 cm³/mol. The number of nitrogens with one attached hydrogen (secondary N) is 1. The van der Waals surface area contributed by atoms with Gasteiger partial charge < -0.3 is 36.1 Å². The molecule has 0 radical (unpaired) electrons. The average molecular weight is 660 g/mol. The number of fused-ring (bicyclic) bond motifs is 3. The molecule has 12 atom stereocenters. The van der Waals surface area contributed by atoms with E-state index in [0.29, 0.717) is 36.9 Å². The minimum absolute atomic E-state index is 0.0206. The van der Waals surface area contributed by atoms with Crippen molar-refractivity contribution >= 4 is 5.97 Å². The van der Waals surface area contributed by atoms with Crippen LogP contribution in [-0.4, -0.2) is 75.9 Å². The van der Waals surface area contributed by atoms with Crippen LogP contribution >= 0.6 is 0 Å². The molecule has 1 saturated heterocycles. The van der Waals surface area contributed by atoms with Crippen molar-refractivity contribution in [1.82, 2.24) is 5.32 Å². The molecule has 47 heavy (non-hydrogen) atoms. The Balaban J connectivity index is 1.38. The van der Waals surface area contributed by atoms with Gasteiger partial charge >= 0.3 is 5.97 Å². The Kier molecular flexibility index (Phi) is 11.0. The summed E-state index contributed by atoms with van der Waals surface area (Å²) in [5.41, 5.74) is 12.6. The van der Waals surface area contributed by atoms with E-state index in [0.717, 1.165) is 84.0 Å². The Hall–Kier alpha value is -1.03. The first-order valence-corrected chi connectivity index (χ1v) is 19.0. The Morgan fingerprint density at radius 1 is 1.11 bits per heavy atom. The molecule has 6 N–H and O–H groups in total. The van der Waals surface area contributed by atoms with Crippen molar-refractivity contribution in [2.24, 2.45) is 68.1 Å². The molecule has 0 aromatic rings. The van der Waals surface area contributed by atoms with Crippen LogP contribution < -0.4 is 16.8 Å². The van der Waals surface area contributed by atoms with E-state index in [1.54, 1.807) is 5.57 Å². The molecule has 270 valence electrons. The van der Waals surface area contributed by atoms with E-state index in [9.17, 15) is 9.90 Å². The third kappa shape index (κ3) is 5.97. The van der Waals surface area contributed by atoms with E-state index in [2.05, 4.69) is 59.9 Å². The Bertz CT molecular complexity index is 1150. The monoisotopic (exact) mass is 660 g/mol. The van der Waals surface area contributed by atoms with Gasteiger partial charge in [0.2, 0.25) is 0 Å². The molecular weight excluding hydrogens is 590 g/mol. The van der Waals surface area contributed by atoms with Gasteiger partial charge in [-0.25, -0.2) is 0 Å². The van der Waals surface area contributed by atoms with E-state index < -0.39 is 5.97 Å². The molecule has 5 rings (SSSR count). The number of carboxylic acids is 1. The summed E-state index contributed by atoms with van der Waals surface area (Å²) in [6.45, 7) is 20.6. The quantitative estimate of drug-likeness (QED) is 0.132. The van der Waals surface area contributed by atoms with E-state index in [-0.39, 0.29) is 51.2 Å². The molecule has 1 aliphatic heterocycles. The standard InChI is InChI=1S/C39H69N3O5/c1-25(2)26(3)35(4)16-17-37(6)28-12-13-31-36(5)23-46-24-39(31,29(28)14-15-38(37,7)32(35)34(43)44)21-30(45-8)33(36)47-20-19-42-22-27(41)11-9-10-18-40/h14,25-28,30-33,42H,9-13,15-24,40-41H2,1-8H3,(H,43,44)/t26-,27+,28+,30-,31+,32-,33+,35-,36-,37-,38+,39+/m1/s1. The van der Waals surface area contributed by atoms with Crippen LogP contribution in [-0.2, 0) is 19.0 Å². The van der Waals surface area contributed by atoms with Crippen molar-refractivity contribution in [3.63, 3.8) is 0 Å². The first kappa shape index (κ1) is 37.2. The van der Waals surface area contributed by atoms with Crippen LogP contribution in [0.3, 0.4) is 0 Å². The second-order valence-corrected chi connectivity index (χ2v) is 17.9. The molecule has 1 heterocycles. The number of unbranched alkanes of at least 4 members (excludes halogenated alkanes) is 1. The topological polar surface area (TPSA) is 129 Å². The van der Waals surface area contributed by atoms with Crippen LogP contribution in [0, 0.1) is 56.7 Å². The smallest absolute Gasteiger partial charge is 0.307 e. The van der Waals surface area contributed by atoms with Crippen molar-refractivity contribution in [3.05, 3.63) is 11.6 Å². The van der Waals surface area contributed by atoms with Gasteiger partial charge in [0.05, 0.1) is 37.9 Å². The number of allylic oxidation sites excluding steroid dienone is 1. The minimum atomic E-state index is -0.606. The van der Waals surface area contributed by atoms with Gasteiger partial charge in [-0.2, -0.15) is 0 Å². The summed E-state index contributed by atoms with van der Waals surface area (Å²) in [7, 11) is 1.85. The molecule has 3 saturated carbocycles. The van der Waals surface area contributed by atoms with E-state index in [1.807, 2.05) is 7.11 Å². The summed E-state index contributed by atoms with van der Waals surface area (Å²) in [5, 5.41) is 14.5. The molecule has 0 aromatic carbocycles. The van der Waals surface area contributed by atoms with Crippen molar-refractivity contribution in [1.29, 1.82) is 0 Å². The fourth-order valence-electron chi connectivity index (χ4n) is 12.3. The lowest BCUT2D eigenvalue weighted by Gasteiger charge is -2.71. The van der Waals surface area contributed by atoms with Crippen LogP contribution in [0.4, 0.5) is 0 Å². The summed E-state index contributed by atoms with van der Waals surface area (Å²) in [4.78, 5) is 13.3. The second kappa shape index (κ2) is 13.9. The van der Waals surface area contributed by atoms with Gasteiger partial charge in [-0.15, -0.1) is 0 Å². The lowest BCUT2D eigenvalue weighted by molar-refractivity contribution is -0.266. The average Bonchev–Trinajstić information content (AvgIpc) is 3.01. The Morgan fingerprint density at radius 3 is 2.51 bits per heavy atom. The fraction of sp³-hybridized carbons (Fsp3) is 0.923. The molecule has 8 nitrogen and oxygen atoms in total. The van der Waals surface area contributed by atoms with Gasteiger partial charge in [-0.05, 0) is 97.8 Å². The SMILES string of the molecule is CO[C@@H]1C[C@@]23COC[C@](C)([C@@H]2CC[C@H]2C3=CC[C@@]3(C)[C@H](C(=O)O)[C@@](C)([C@H](C)C(C)C)CC[C@]23C)[C@H]1OCCNC[C@@H](N)CCCCN. The van der Waals surface area contributed by atoms with Crippen LogP contribution in [0.2, 0.25) is 0 Å². The fourth-order valence-corrected chi connectivity index (χ4v) is 12.3. The lowest BCUT2D eigenvalue weighted by atomic mass is 9.34. The zero-order valence-corrected chi connectivity index (χ0v) is 31.0. The highest BCUT2D eigenvalue weighted by atomic mass is 16.5. The van der Waals surface area contributed by atoms with E-state index in [4.69, 9.17) is 25.7 Å². The summed E-state index contributed by atoms with van der Waals surface area (Å²) >= 11 is 0. The third-order valence-corrected chi connectivity index (χ3v) is 15.4. The molecule has 4 aliphatic carbocycles. The van der Waals surface area contributed by atoms with Gasteiger partial charge in [0.1, 0.15) is 0 Å². The maximum atomic E-state index is 13.3. The molecule has 0 spiro atoms. The van der Waals surface area contributed by atoms with Crippen LogP contribution in [0.5, 0.6) is 0 Å². The van der Waals surface area contributed by atoms with Gasteiger partial charge in [-0.1, -0.05) is 66.5 Å². The highest BCUT2D eigenvalue weighted by molar-refractivity contribution is 5.73. The van der Waals surface area contributed by atoms with Gasteiger partial charge in [0, 0.05) is 37.1 Å². The van der Waals surface area contributed by atoms with Crippen LogP contribution in [0.25, 0.3) is 0 Å². The number of hydrogen-bond donors (Lipinski definition) is 4. The summed E-state index contributed by atoms with van der Waals surface area (Å²) in [6.07, 6.45) is 11.5. The molecule has 0 unspecified atom stereocenters. The van der Waals surface area contributed by atoms with Crippen molar-refractivity contribution in [3.8, 4) is 0 Å².